The summed E-state index contributed by atoms with van der Waals surface area (Å²) in [4.78, 5) is 8.33. The Morgan fingerprint density at radius 3 is 2.64 bits per heavy atom. The van der Waals surface area contributed by atoms with Crippen molar-refractivity contribution in [1.29, 1.82) is 0 Å². The lowest BCUT2D eigenvalue weighted by molar-refractivity contribution is 0.311. The van der Waals surface area contributed by atoms with Crippen molar-refractivity contribution in [2.75, 3.05) is 33.2 Å². The molecule has 0 saturated heterocycles. The van der Waals surface area contributed by atoms with Crippen LogP contribution in [0.1, 0.15) is 12.5 Å². The lowest BCUT2D eigenvalue weighted by Gasteiger charge is -2.15. The van der Waals surface area contributed by atoms with E-state index in [2.05, 4.69) is 20.6 Å². The van der Waals surface area contributed by atoms with Gasteiger partial charge in [0.05, 0.1) is 20.8 Å². The average Bonchev–Trinajstić information content (AvgIpc) is 2.65. The number of nitrogens with one attached hydrogen (secondary N) is 2. The van der Waals surface area contributed by atoms with Gasteiger partial charge in [0.2, 0.25) is 5.88 Å². The number of hydrogen-bond acceptors (Lipinski definition) is 5. The lowest BCUT2D eigenvalue weighted by atomic mass is 10.2. The molecule has 0 unspecified atom stereocenters. The maximum Gasteiger partial charge on any atom is 0.213 e. The number of nitrogens with zero attached hydrogens (tertiary/aromatic N) is 2. The van der Waals surface area contributed by atoms with E-state index in [1.165, 1.54) is 0 Å². The van der Waals surface area contributed by atoms with E-state index in [1.54, 1.807) is 27.5 Å². The SMILES string of the molecule is CCOc1cc(NC(=NC)NCc2ccnc(OC)c2)ccc1OC. The van der Waals surface area contributed by atoms with Gasteiger partial charge in [-0.1, -0.05) is 0 Å². The molecule has 25 heavy (non-hydrogen) atoms. The third-order valence-electron chi connectivity index (χ3n) is 3.42. The normalized spacial score (nSPS) is 11.0. The molecule has 2 rings (SSSR count). The minimum Gasteiger partial charge on any atom is -0.493 e. The topological polar surface area (TPSA) is 77.0 Å². The predicted molar refractivity (Wildman–Crippen MR) is 98.8 cm³/mol. The van der Waals surface area contributed by atoms with Crippen molar-refractivity contribution in [1.82, 2.24) is 10.3 Å². The molecule has 1 aromatic carbocycles. The molecule has 0 bridgehead atoms. The monoisotopic (exact) mass is 344 g/mol. The van der Waals surface area contributed by atoms with Gasteiger partial charge in [-0.3, -0.25) is 4.99 Å². The molecule has 0 amide bonds. The van der Waals surface area contributed by atoms with Gasteiger partial charge in [-0.2, -0.15) is 0 Å². The molecule has 7 heteroatoms. The molecular formula is C18H24N4O3. The molecule has 0 radical (unpaired) electrons. The van der Waals surface area contributed by atoms with Gasteiger partial charge in [0.1, 0.15) is 0 Å². The molecule has 0 aliphatic heterocycles. The zero-order valence-corrected chi connectivity index (χ0v) is 15.0. The summed E-state index contributed by atoms with van der Waals surface area (Å²) in [5.74, 6) is 2.60. The predicted octanol–water partition coefficient (Wildman–Crippen LogP) is 2.69. The molecule has 0 aliphatic carbocycles. The Balaban J connectivity index is 2.03. The standard InChI is InChI=1S/C18H24N4O3/c1-5-25-16-11-14(6-7-15(16)23-3)22-18(19-2)21-12-13-8-9-20-17(10-13)24-4/h6-11H,5,12H2,1-4H3,(H2,19,21,22). The number of rotatable bonds is 7. The average molecular weight is 344 g/mol. The Morgan fingerprint density at radius 2 is 1.96 bits per heavy atom. The Morgan fingerprint density at radius 1 is 1.12 bits per heavy atom. The highest BCUT2D eigenvalue weighted by Crippen LogP contribution is 2.30. The highest BCUT2D eigenvalue weighted by atomic mass is 16.5. The summed E-state index contributed by atoms with van der Waals surface area (Å²) >= 11 is 0. The van der Waals surface area contributed by atoms with Crippen LogP contribution in [-0.2, 0) is 6.54 Å². The van der Waals surface area contributed by atoms with Gasteiger partial charge in [-0.05, 0) is 30.7 Å². The van der Waals surface area contributed by atoms with Gasteiger partial charge in [0, 0.05) is 37.6 Å². The summed E-state index contributed by atoms with van der Waals surface area (Å²) in [5, 5.41) is 6.48. The van der Waals surface area contributed by atoms with Gasteiger partial charge in [-0.15, -0.1) is 0 Å². The van der Waals surface area contributed by atoms with Crippen LogP contribution in [0.25, 0.3) is 0 Å². The summed E-state index contributed by atoms with van der Waals surface area (Å²) < 4.78 is 16.0. The highest BCUT2D eigenvalue weighted by molar-refractivity contribution is 5.93. The Labute approximate surface area is 148 Å². The van der Waals surface area contributed by atoms with Crippen molar-refractivity contribution in [3.8, 4) is 17.4 Å². The van der Waals surface area contributed by atoms with Crippen LogP contribution in [0.5, 0.6) is 17.4 Å². The molecule has 7 nitrogen and oxygen atoms in total. The van der Waals surface area contributed by atoms with E-state index in [-0.39, 0.29) is 0 Å². The second-order valence-corrected chi connectivity index (χ2v) is 5.06. The van der Waals surface area contributed by atoms with E-state index >= 15 is 0 Å². The van der Waals surface area contributed by atoms with Gasteiger partial charge >= 0.3 is 0 Å². The van der Waals surface area contributed by atoms with E-state index in [1.807, 2.05) is 37.3 Å². The molecule has 0 fully saturated rings. The van der Waals surface area contributed by atoms with Gasteiger partial charge in [0.25, 0.3) is 0 Å². The zero-order valence-electron chi connectivity index (χ0n) is 15.0. The van der Waals surface area contributed by atoms with Gasteiger partial charge in [0.15, 0.2) is 17.5 Å². The maximum absolute atomic E-state index is 5.59. The van der Waals surface area contributed by atoms with Crippen LogP contribution < -0.4 is 24.8 Å². The van der Waals surface area contributed by atoms with Crippen LogP contribution >= 0.6 is 0 Å². The minimum absolute atomic E-state index is 0.566. The Kier molecular flexibility index (Phi) is 6.88. The Hall–Kier alpha value is -2.96. The molecule has 0 atom stereocenters. The van der Waals surface area contributed by atoms with E-state index in [9.17, 15) is 0 Å². The summed E-state index contributed by atoms with van der Waals surface area (Å²) in [6.45, 7) is 3.09. The number of aliphatic imine (C=N–C) groups is 1. The van der Waals surface area contributed by atoms with E-state index in [4.69, 9.17) is 14.2 Å². The van der Waals surface area contributed by atoms with Crippen molar-refractivity contribution in [3.05, 3.63) is 42.1 Å². The quantitative estimate of drug-likeness (QED) is 0.594. The number of guanidine groups is 1. The molecule has 0 spiro atoms. The van der Waals surface area contributed by atoms with Crippen LogP contribution in [0.2, 0.25) is 0 Å². The first-order chi connectivity index (χ1) is 12.2. The van der Waals surface area contributed by atoms with E-state index in [0.29, 0.717) is 36.5 Å². The largest absolute Gasteiger partial charge is 0.493 e. The van der Waals surface area contributed by atoms with Crippen molar-refractivity contribution >= 4 is 11.6 Å². The molecule has 2 aromatic rings. The van der Waals surface area contributed by atoms with Crippen molar-refractivity contribution in [2.45, 2.75) is 13.5 Å². The van der Waals surface area contributed by atoms with Crippen LogP contribution in [0.15, 0.2) is 41.5 Å². The number of hydrogen-bond donors (Lipinski definition) is 2. The first kappa shape index (κ1) is 18.4. The van der Waals surface area contributed by atoms with E-state index in [0.717, 1.165) is 11.3 Å². The summed E-state index contributed by atoms with van der Waals surface area (Å²) in [5.41, 5.74) is 1.89. The van der Waals surface area contributed by atoms with E-state index < -0.39 is 0 Å². The highest BCUT2D eigenvalue weighted by Gasteiger charge is 2.07. The fraction of sp³-hybridized carbons (Fsp3) is 0.333. The molecule has 0 aliphatic rings. The molecular weight excluding hydrogens is 320 g/mol. The molecule has 1 aromatic heterocycles. The third-order valence-corrected chi connectivity index (χ3v) is 3.42. The maximum atomic E-state index is 5.59. The van der Waals surface area contributed by atoms with Gasteiger partial charge in [-0.25, -0.2) is 4.98 Å². The number of ether oxygens (including phenoxy) is 3. The molecule has 2 N–H and O–H groups in total. The second kappa shape index (κ2) is 9.36. The smallest absolute Gasteiger partial charge is 0.213 e. The van der Waals surface area contributed by atoms with Crippen LogP contribution in [0, 0.1) is 0 Å². The fourth-order valence-electron chi connectivity index (χ4n) is 2.20. The van der Waals surface area contributed by atoms with Crippen molar-refractivity contribution in [2.24, 2.45) is 4.99 Å². The summed E-state index contributed by atoms with van der Waals surface area (Å²) in [6, 6.07) is 9.44. The van der Waals surface area contributed by atoms with Crippen LogP contribution in [-0.4, -0.2) is 38.8 Å². The fourth-order valence-corrected chi connectivity index (χ4v) is 2.20. The van der Waals surface area contributed by atoms with Gasteiger partial charge < -0.3 is 24.8 Å². The second-order valence-electron chi connectivity index (χ2n) is 5.06. The first-order valence-corrected chi connectivity index (χ1v) is 7.97. The zero-order chi connectivity index (χ0) is 18.1. The number of anilines is 1. The number of pyridine rings is 1. The molecule has 134 valence electrons. The van der Waals surface area contributed by atoms with Crippen molar-refractivity contribution in [3.63, 3.8) is 0 Å². The first-order valence-electron chi connectivity index (χ1n) is 7.97. The number of aromatic nitrogens is 1. The molecule has 1 heterocycles. The van der Waals surface area contributed by atoms with Crippen LogP contribution in [0.3, 0.4) is 0 Å². The van der Waals surface area contributed by atoms with Crippen LogP contribution in [0.4, 0.5) is 5.69 Å². The lowest BCUT2D eigenvalue weighted by Crippen LogP contribution is -2.30. The summed E-state index contributed by atoms with van der Waals surface area (Å²) in [6.07, 6.45) is 1.71. The minimum atomic E-state index is 0.566. The number of benzene rings is 1. The molecule has 0 saturated carbocycles. The summed E-state index contributed by atoms with van der Waals surface area (Å²) in [7, 11) is 4.93. The third kappa shape index (κ3) is 5.27. The Bertz CT molecular complexity index is 719. The van der Waals surface area contributed by atoms with Crippen molar-refractivity contribution < 1.29 is 14.2 Å². The number of methoxy groups -OCH3 is 2.